The molecular weight excluding hydrogens is 310 g/mol. The molecule has 0 bridgehead atoms. The quantitative estimate of drug-likeness (QED) is 0.904. The average molecular weight is 333 g/mol. The maximum absolute atomic E-state index is 12.0. The molecule has 2 aliphatic heterocycles. The van der Waals surface area contributed by atoms with Gasteiger partial charge in [-0.05, 0) is 60.6 Å². The summed E-state index contributed by atoms with van der Waals surface area (Å²) in [6.45, 7) is 2.16. The highest BCUT2D eigenvalue weighted by atomic mass is 16.2. The van der Waals surface area contributed by atoms with Crippen LogP contribution in [-0.4, -0.2) is 29.6 Å². The fourth-order valence-electron chi connectivity index (χ4n) is 4.70. The van der Waals surface area contributed by atoms with Crippen molar-refractivity contribution in [2.45, 2.75) is 32.1 Å². The third kappa shape index (κ3) is 2.51. The van der Waals surface area contributed by atoms with Crippen LogP contribution >= 0.6 is 0 Å². The van der Waals surface area contributed by atoms with Crippen molar-refractivity contribution in [3.05, 3.63) is 58.8 Å². The Morgan fingerprint density at radius 2 is 1.88 bits per heavy atom. The lowest BCUT2D eigenvalue weighted by atomic mass is 9.85. The van der Waals surface area contributed by atoms with E-state index in [1.54, 1.807) is 0 Å². The Balaban J connectivity index is 1.42. The maximum Gasteiger partial charge on any atom is 0.243 e. The van der Waals surface area contributed by atoms with E-state index in [9.17, 15) is 4.79 Å². The third-order valence-corrected chi connectivity index (χ3v) is 6.19. The third-order valence-electron chi connectivity index (χ3n) is 6.19. The zero-order chi connectivity index (χ0) is 16.8. The van der Waals surface area contributed by atoms with Gasteiger partial charge >= 0.3 is 0 Å². The summed E-state index contributed by atoms with van der Waals surface area (Å²) in [6, 6.07) is 6.82. The fraction of sp³-hybridized carbons (Fsp3) is 0.429. The van der Waals surface area contributed by atoms with Crippen molar-refractivity contribution in [1.82, 2.24) is 10.3 Å². The van der Waals surface area contributed by atoms with Gasteiger partial charge in [-0.15, -0.1) is 0 Å². The summed E-state index contributed by atoms with van der Waals surface area (Å²) in [5.41, 5.74) is 9.31. The summed E-state index contributed by atoms with van der Waals surface area (Å²) >= 11 is 0. The van der Waals surface area contributed by atoms with Crippen molar-refractivity contribution in [3.63, 3.8) is 0 Å². The van der Waals surface area contributed by atoms with E-state index >= 15 is 0 Å². The van der Waals surface area contributed by atoms with Crippen LogP contribution in [0, 0.1) is 11.8 Å². The fourth-order valence-corrected chi connectivity index (χ4v) is 4.70. The Morgan fingerprint density at radius 3 is 2.68 bits per heavy atom. The van der Waals surface area contributed by atoms with Gasteiger partial charge in [0.15, 0.2) is 0 Å². The van der Waals surface area contributed by atoms with Crippen LogP contribution < -0.4 is 5.43 Å². The van der Waals surface area contributed by atoms with Crippen molar-refractivity contribution in [3.8, 4) is 0 Å². The van der Waals surface area contributed by atoms with E-state index in [1.807, 2.05) is 0 Å². The number of allylic oxidation sites excluding steroid dienone is 3. The maximum atomic E-state index is 12.0. The predicted molar refractivity (Wildman–Crippen MR) is 98.2 cm³/mol. The molecule has 2 unspecified atom stereocenters. The van der Waals surface area contributed by atoms with Gasteiger partial charge in [-0.3, -0.25) is 4.79 Å². The molecule has 2 heterocycles. The molecule has 1 saturated carbocycles. The predicted octanol–water partition coefficient (Wildman–Crippen LogP) is 2.79. The summed E-state index contributed by atoms with van der Waals surface area (Å²) in [5, 5.41) is 4.45. The molecule has 1 amide bonds. The molecule has 128 valence electrons. The van der Waals surface area contributed by atoms with Crippen LogP contribution in [0.15, 0.2) is 47.2 Å². The van der Waals surface area contributed by atoms with E-state index in [2.05, 4.69) is 51.9 Å². The molecule has 2 aliphatic carbocycles. The smallest absolute Gasteiger partial charge is 0.243 e. The average Bonchev–Trinajstić information content (AvgIpc) is 2.98. The number of fused-ring (bicyclic) bond motifs is 2. The van der Waals surface area contributed by atoms with E-state index in [-0.39, 0.29) is 11.8 Å². The standard InChI is InChI=1S/C21H23N3O/c25-21-19-6-2-5-18(19)20(22-23-21)16-8-7-14-9-11-24(17-3-1-4-17)12-10-15(14)13-16/h1,3-4,7-8,13,18-19H,2,5-6,9-12H2,(H,23,25). The summed E-state index contributed by atoms with van der Waals surface area (Å²) < 4.78 is 0. The molecule has 0 spiro atoms. The van der Waals surface area contributed by atoms with Crippen LogP contribution in [-0.2, 0) is 17.6 Å². The lowest BCUT2D eigenvalue weighted by molar-refractivity contribution is -0.125. The Hall–Kier alpha value is -2.36. The lowest BCUT2D eigenvalue weighted by Crippen LogP contribution is -2.39. The highest BCUT2D eigenvalue weighted by Gasteiger charge is 2.39. The molecule has 0 saturated heterocycles. The Labute approximate surface area is 148 Å². The van der Waals surface area contributed by atoms with Gasteiger partial charge in [-0.2, -0.15) is 5.10 Å². The lowest BCUT2D eigenvalue weighted by Gasteiger charge is -2.26. The molecule has 1 fully saturated rings. The summed E-state index contributed by atoms with van der Waals surface area (Å²) in [4.78, 5) is 14.5. The van der Waals surface area contributed by atoms with Crippen LogP contribution in [0.4, 0.5) is 0 Å². The van der Waals surface area contributed by atoms with Gasteiger partial charge < -0.3 is 4.90 Å². The monoisotopic (exact) mass is 333 g/mol. The molecule has 0 aromatic heterocycles. The Morgan fingerprint density at radius 1 is 1.08 bits per heavy atom. The number of nitrogens with one attached hydrogen (secondary N) is 1. The van der Waals surface area contributed by atoms with Crippen molar-refractivity contribution >= 4 is 11.6 Å². The summed E-state index contributed by atoms with van der Waals surface area (Å²) in [5.74, 6) is 0.539. The number of carbonyl (C=O) groups is 1. The minimum atomic E-state index is 0.110. The number of hydrogen-bond donors (Lipinski definition) is 1. The molecular formula is C21H23N3O. The number of carbonyl (C=O) groups excluding carboxylic acids is 1. The van der Waals surface area contributed by atoms with Crippen molar-refractivity contribution in [2.75, 3.05) is 13.1 Å². The van der Waals surface area contributed by atoms with Crippen molar-refractivity contribution < 1.29 is 4.79 Å². The zero-order valence-corrected chi connectivity index (χ0v) is 14.4. The second-order valence-corrected chi connectivity index (χ2v) is 7.54. The van der Waals surface area contributed by atoms with Gasteiger partial charge in [0.2, 0.25) is 5.91 Å². The molecule has 25 heavy (non-hydrogen) atoms. The number of amides is 1. The van der Waals surface area contributed by atoms with Crippen molar-refractivity contribution in [2.24, 2.45) is 16.9 Å². The van der Waals surface area contributed by atoms with E-state index in [4.69, 9.17) is 0 Å². The van der Waals surface area contributed by atoms with Gasteiger partial charge in [0, 0.05) is 30.6 Å². The van der Waals surface area contributed by atoms with E-state index < -0.39 is 0 Å². The van der Waals surface area contributed by atoms with Gasteiger partial charge in [0.1, 0.15) is 0 Å². The largest absolute Gasteiger partial charge is 0.371 e. The van der Waals surface area contributed by atoms with E-state index in [0.29, 0.717) is 5.92 Å². The molecule has 4 nitrogen and oxygen atoms in total. The van der Waals surface area contributed by atoms with Crippen LogP contribution in [0.25, 0.3) is 0 Å². The van der Waals surface area contributed by atoms with Gasteiger partial charge in [-0.25, -0.2) is 5.43 Å². The first-order valence-corrected chi connectivity index (χ1v) is 9.42. The molecule has 0 radical (unpaired) electrons. The van der Waals surface area contributed by atoms with Crippen LogP contribution in [0.3, 0.4) is 0 Å². The number of nitrogens with zero attached hydrogens (tertiary/aromatic N) is 2. The first-order chi connectivity index (χ1) is 12.3. The number of hydrazone groups is 1. The topological polar surface area (TPSA) is 44.7 Å². The van der Waals surface area contributed by atoms with Crippen LogP contribution in [0.1, 0.15) is 36.0 Å². The molecule has 1 aromatic rings. The van der Waals surface area contributed by atoms with Gasteiger partial charge in [-0.1, -0.05) is 24.6 Å². The molecule has 4 heteroatoms. The first kappa shape index (κ1) is 14.9. The SMILES string of the molecule is O=C1NN=C(c2ccc3c(c2)CCN(C2=CC=C2)CC3)C2CCCC12. The Kier molecular flexibility index (Phi) is 3.51. The highest BCUT2D eigenvalue weighted by molar-refractivity contribution is 6.07. The van der Waals surface area contributed by atoms with Crippen LogP contribution in [0.5, 0.6) is 0 Å². The molecule has 1 N–H and O–H groups in total. The Bertz CT molecular complexity index is 820. The molecule has 1 aromatic carbocycles. The van der Waals surface area contributed by atoms with Crippen LogP contribution in [0.2, 0.25) is 0 Å². The minimum Gasteiger partial charge on any atom is -0.371 e. The second-order valence-electron chi connectivity index (χ2n) is 7.54. The number of benzene rings is 1. The zero-order valence-electron chi connectivity index (χ0n) is 14.4. The summed E-state index contributed by atoms with van der Waals surface area (Å²) in [7, 11) is 0. The minimum absolute atomic E-state index is 0.110. The highest BCUT2D eigenvalue weighted by Crippen LogP contribution is 2.37. The van der Waals surface area contributed by atoms with Crippen molar-refractivity contribution in [1.29, 1.82) is 0 Å². The molecule has 4 aliphatic rings. The van der Waals surface area contributed by atoms with Gasteiger partial charge in [0.05, 0.1) is 5.71 Å². The van der Waals surface area contributed by atoms with E-state index in [1.165, 1.54) is 22.4 Å². The summed E-state index contributed by atoms with van der Waals surface area (Å²) in [6.07, 6.45) is 11.9. The number of hydrogen-bond acceptors (Lipinski definition) is 3. The van der Waals surface area contributed by atoms with E-state index in [0.717, 1.165) is 50.9 Å². The number of rotatable bonds is 2. The molecule has 5 rings (SSSR count). The van der Waals surface area contributed by atoms with Gasteiger partial charge in [0.25, 0.3) is 0 Å². The first-order valence-electron chi connectivity index (χ1n) is 9.42. The molecule has 2 atom stereocenters. The second kappa shape index (κ2) is 5.87. The normalized spacial score (nSPS) is 27.5.